The van der Waals surface area contributed by atoms with Crippen molar-refractivity contribution in [3.05, 3.63) is 75.8 Å². The highest BCUT2D eigenvalue weighted by Crippen LogP contribution is 2.15. The van der Waals surface area contributed by atoms with Gasteiger partial charge in [-0.05, 0) is 24.1 Å². The first-order chi connectivity index (χ1) is 12.6. The Morgan fingerprint density at radius 1 is 1.15 bits per heavy atom. The molecule has 1 aliphatic rings. The van der Waals surface area contributed by atoms with Gasteiger partial charge in [0.2, 0.25) is 0 Å². The molecule has 6 nitrogen and oxygen atoms in total. The molecule has 0 amide bonds. The van der Waals surface area contributed by atoms with E-state index in [1.54, 1.807) is 12.1 Å². The number of hydrogen-bond donors (Lipinski definition) is 1. The second-order valence-corrected chi connectivity index (χ2v) is 6.56. The number of benzene rings is 2. The van der Waals surface area contributed by atoms with Crippen LogP contribution < -0.4 is 5.32 Å². The maximum atomic E-state index is 12.4. The predicted octanol–water partition coefficient (Wildman–Crippen LogP) is 2.68. The lowest BCUT2D eigenvalue weighted by Gasteiger charge is -2.36. The number of carbonyl (C=O) groups excluding carboxylic acids is 1. The molecule has 1 unspecified atom stereocenters. The maximum Gasteiger partial charge on any atom is 0.269 e. The monoisotopic (exact) mass is 353 g/mol. The van der Waals surface area contributed by atoms with Gasteiger partial charge in [-0.2, -0.15) is 0 Å². The third-order valence-electron chi connectivity index (χ3n) is 4.81. The number of nitro groups is 1. The van der Waals surface area contributed by atoms with E-state index in [-0.39, 0.29) is 11.5 Å². The van der Waals surface area contributed by atoms with Crippen molar-refractivity contribution in [1.82, 2.24) is 10.2 Å². The number of hydrogen-bond acceptors (Lipinski definition) is 5. The number of carbonyl (C=O) groups is 1. The van der Waals surface area contributed by atoms with Crippen LogP contribution in [0.4, 0.5) is 5.69 Å². The van der Waals surface area contributed by atoms with Crippen LogP contribution in [0, 0.1) is 10.1 Å². The Morgan fingerprint density at radius 3 is 2.58 bits per heavy atom. The normalized spacial score (nSPS) is 17.8. The fourth-order valence-corrected chi connectivity index (χ4v) is 3.34. The standard InChI is InChI=1S/C20H23N3O3/c24-20(17-6-8-18(9-7-17)23(25)26)10-12-22-13-11-21-15-19(22)14-16-4-2-1-3-5-16/h1-9,19,21H,10-15H2. The second-order valence-electron chi connectivity index (χ2n) is 6.56. The zero-order valence-electron chi connectivity index (χ0n) is 14.6. The molecular formula is C20H23N3O3. The van der Waals surface area contributed by atoms with Crippen LogP contribution in [0.25, 0.3) is 0 Å². The molecule has 0 bridgehead atoms. The van der Waals surface area contributed by atoms with Gasteiger partial charge >= 0.3 is 0 Å². The fourth-order valence-electron chi connectivity index (χ4n) is 3.34. The summed E-state index contributed by atoms with van der Waals surface area (Å²) in [4.78, 5) is 25.0. The zero-order valence-corrected chi connectivity index (χ0v) is 14.6. The average molecular weight is 353 g/mol. The van der Waals surface area contributed by atoms with E-state index in [0.717, 1.165) is 26.1 Å². The largest absolute Gasteiger partial charge is 0.314 e. The van der Waals surface area contributed by atoms with Crippen molar-refractivity contribution >= 4 is 11.5 Å². The number of nitrogens with one attached hydrogen (secondary N) is 1. The Kier molecular flexibility index (Phi) is 6.09. The Hall–Kier alpha value is -2.57. The topological polar surface area (TPSA) is 75.5 Å². The van der Waals surface area contributed by atoms with Crippen LogP contribution in [-0.4, -0.2) is 47.8 Å². The molecule has 1 N–H and O–H groups in total. The summed E-state index contributed by atoms with van der Waals surface area (Å²) in [5.74, 6) is 0.0249. The van der Waals surface area contributed by atoms with Crippen LogP contribution in [0.5, 0.6) is 0 Å². The summed E-state index contributed by atoms with van der Waals surface area (Å²) < 4.78 is 0. The number of Topliss-reactive ketones (excluding diaryl/α,β-unsaturated/α-hetero) is 1. The SMILES string of the molecule is O=C(CCN1CCNCC1Cc1ccccc1)c1ccc([N+](=O)[O-])cc1. The van der Waals surface area contributed by atoms with Crippen molar-refractivity contribution in [3.63, 3.8) is 0 Å². The first-order valence-electron chi connectivity index (χ1n) is 8.90. The van der Waals surface area contributed by atoms with Crippen LogP contribution in [0.15, 0.2) is 54.6 Å². The first-order valence-corrected chi connectivity index (χ1v) is 8.90. The number of non-ortho nitro benzene ring substituents is 1. The Balaban J connectivity index is 1.57. The van der Waals surface area contributed by atoms with Crippen molar-refractivity contribution in [2.24, 2.45) is 0 Å². The predicted molar refractivity (Wildman–Crippen MR) is 100 cm³/mol. The number of rotatable bonds is 7. The molecule has 1 saturated heterocycles. The second kappa shape index (κ2) is 8.69. The molecule has 1 atom stereocenters. The average Bonchev–Trinajstić information content (AvgIpc) is 2.68. The molecule has 0 aromatic heterocycles. The summed E-state index contributed by atoms with van der Waals surface area (Å²) in [6, 6.07) is 16.6. The van der Waals surface area contributed by atoms with Crippen molar-refractivity contribution in [3.8, 4) is 0 Å². The summed E-state index contributed by atoms with van der Waals surface area (Å²) in [5.41, 5.74) is 1.84. The molecule has 26 heavy (non-hydrogen) atoms. The number of piperazine rings is 1. The summed E-state index contributed by atoms with van der Waals surface area (Å²) in [6.07, 6.45) is 1.38. The smallest absolute Gasteiger partial charge is 0.269 e. The Morgan fingerprint density at radius 2 is 1.88 bits per heavy atom. The fraction of sp³-hybridized carbons (Fsp3) is 0.350. The molecule has 136 valence electrons. The molecule has 2 aromatic rings. The van der Waals surface area contributed by atoms with Gasteiger partial charge in [0.05, 0.1) is 4.92 Å². The van der Waals surface area contributed by atoms with Gasteiger partial charge < -0.3 is 5.32 Å². The minimum atomic E-state index is -0.455. The van der Waals surface area contributed by atoms with E-state index in [1.807, 2.05) is 18.2 Å². The van der Waals surface area contributed by atoms with E-state index in [9.17, 15) is 14.9 Å². The molecule has 6 heteroatoms. The number of nitro benzene ring substituents is 1. The van der Waals surface area contributed by atoms with E-state index < -0.39 is 4.92 Å². The minimum Gasteiger partial charge on any atom is -0.314 e. The summed E-state index contributed by atoms with van der Waals surface area (Å²) in [7, 11) is 0. The molecule has 2 aromatic carbocycles. The summed E-state index contributed by atoms with van der Waals surface area (Å²) >= 11 is 0. The van der Waals surface area contributed by atoms with Gasteiger partial charge in [0, 0.05) is 56.3 Å². The minimum absolute atomic E-state index is 0.00609. The third kappa shape index (κ3) is 4.74. The number of ketones is 1. The van der Waals surface area contributed by atoms with Gasteiger partial charge in [0.15, 0.2) is 5.78 Å². The lowest BCUT2D eigenvalue weighted by molar-refractivity contribution is -0.384. The van der Waals surface area contributed by atoms with Gasteiger partial charge in [0.1, 0.15) is 0 Å². The van der Waals surface area contributed by atoms with E-state index in [0.29, 0.717) is 24.6 Å². The highest BCUT2D eigenvalue weighted by molar-refractivity contribution is 5.96. The van der Waals surface area contributed by atoms with E-state index in [1.165, 1.54) is 17.7 Å². The Bertz CT molecular complexity index is 747. The lowest BCUT2D eigenvalue weighted by Crippen LogP contribution is -2.52. The number of nitrogens with zero attached hydrogens (tertiary/aromatic N) is 2. The first kappa shape index (κ1) is 18.2. The van der Waals surface area contributed by atoms with Crippen molar-refractivity contribution in [2.45, 2.75) is 18.9 Å². The van der Waals surface area contributed by atoms with Crippen molar-refractivity contribution in [1.29, 1.82) is 0 Å². The molecular weight excluding hydrogens is 330 g/mol. The highest BCUT2D eigenvalue weighted by Gasteiger charge is 2.23. The maximum absolute atomic E-state index is 12.4. The zero-order chi connectivity index (χ0) is 18.4. The van der Waals surface area contributed by atoms with Gasteiger partial charge in [0.25, 0.3) is 5.69 Å². The van der Waals surface area contributed by atoms with Gasteiger partial charge in [-0.3, -0.25) is 19.8 Å². The lowest BCUT2D eigenvalue weighted by atomic mass is 10.0. The molecule has 0 spiro atoms. The van der Waals surface area contributed by atoms with Crippen LogP contribution in [0.1, 0.15) is 22.3 Å². The molecule has 0 saturated carbocycles. The molecule has 1 aliphatic heterocycles. The van der Waals surface area contributed by atoms with Gasteiger partial charge in [-0.15, -0.1) is 0 Å². The quantitative estimate of drug-likeness (QED) is 0.470. The molecule has 1 fully saturated rings. The van der Waals surface area contributed by atoms with Gasteiger partial charge in [-0.1, -0.05) is 30.3 Å². The van der Waals surface area contributed by atoms with Crippen molar-refractivity contribution in [2.75, 3.05) is 26.2 Å². The highest BCUT2D eigenvalue weighted by atomic mass is 16.6. The van der Waals surface area contributed by atoms with Crippen LogP contribution in [0.2, 0.25) is 0 Å². The van der Waals surface area contributed by atoms with E-state index >= 15 is 0 Å². The third-order valence-corrected chi connectivity index (χ3v) is 4.81. The van der Waals surface area contributed by atoms with Crippen LogP contribution >= 0.6 is 0 Å². The molecule has 0 aliphatic carbocycles. The summed E-state index contributed by atoms with van der Waals surface area (Å²) in [5, 5.41) is 14.1. The van der Waals surface area contributed by atoms with Crippen molar-refractivity contribution < 1.29 is 9.72 Å². The molecule has 0 radical (unpaired) electrons. The van der Waals surface area contributed by atoms with Gasteiger partial charge in [-0.25, -0.2) is 0 Å². The van der Waals surface area contributed by atoms with E-state index in [2.05, 4.69) is 22.3 Å². The van der Waals surface area contributed by atoms with Crippen LogP contribution in [-0.2, 0) is 6.42 Å². The van der Waals surface area contributed by atoms with Crippen LogP contribution in [0.3, 0.4) is 0 Å². The molecule has 3 rings (SSSR count). The van der Waals surface area contributed by atoms with E-state index in [4.69, 9.17) is 0 Å². The molecule has 1 heterocycles. The summed E-state index contributed by atoms with van der Waals surface area (Å²) in [6.45, 7) is 3.47. The Labute approximate surface area is 153 Å².